The highest BCUT2D eigenvalue weighted by Gasteiger charge is 2.15. The Bertz CT molecular complexity index is 573. The molecule has 0 spiro atoms. The number of aromatic nitrogens is 1. The number of aliphatic hydroxyl groups is 1. The Kier molecular flexibility index (Phi) is 3.53. The van der Waals surface area contributed by atoms with E-state index in [-0.39, 0.29) is 18.1 Å². The predicted octanol–water partition coefficient (Wildman–Crippen LogP) is 2.53. The van der Waals surface area contributed by atoms with Crippen LogP contribution in [0, 0.1) is 11.6 Å². The maximum atomic E-state index is 13.7. The van der Waals surface area contributed by atoms with Gasteiger partial charge in [0.15, 0.2) is 11.6 Å². The number of hydrogen-bond donors (Lipinski definition) is 1. The summed E-state index contributed by atoms with van der Waals surface area (Å²) in [5.74, 6) is -1.74. The summed E-state index contributed by atoms with van der Waals surface area (Å²) in [5, 5.41) is 8.97. The van der Waals surface area contributed by atoms with Gasteiger partial charge in [-0.3, -0.25) is 0 Å². The summed E-state index contributed by atoms with van der Waals surface area (Å²) in [7, 11) is 1.38. The lowest BCUT2D eigenvalue weighted by molar-refractivity contribution is 0.274. The topological polar surface area (TPSA) is 42.4 Å². The van der Waals surface area contributed by atoms with E-state index in [1.54, 1.807) is 0 Å². The number of hydrogen-bond acceptors (Lipinski definition) is 3. The molecule has 0 bridgehead atoms. The monoisotopic (exact) mass is 251 g/mol. The fourth-order valence-electron chi connectivity index (χ4n) is 1.64. The van der Waals surface area contributed by atoms with Gasteiger partial charge in [0.2, 0.25) is 5.88 Å². The van der Waals surface area contributed by atoms with E-state index >= 15 is 0 Å². The molecule has 0 aliphatic heterocycles. The van der Waals surface area contributed by atoms with E-state index < -0.39 is 11.6 Å². The highest BCUT2D eigenvalue weighted by Crippen LogP contribution is 2.31. The van der Waals surface area contributed by atoms with E-state index in [2.05, 4.69) is 4.98 Å². The second-order valence-corrected chi connectivity index (χ2v) is 3.62. The SMILES string of the molecule is COc1nc(CO)ccc1-c1cccc(F)c1F. The summed E-state index contributed by atoms with van der Waals surface area (Å²) in [6.45, 7) is -0.248. The summed E-state index contributed by atoms with van der Waals surface area (Å²) in [6, 6.07) is 6.96. The van der Waals surface area contributed by atoms with Gasteiger partial charge in [0.1, 0.15) is 0 Å². The lowest BCUT2D eigenvalue weighted by Crippen LogP contribution is -1.98. The summed E-state index contributed by atoms with van der Waals surface area (Å²) < 4.78 is 31.9. The Morgan fingerprint density at radius 2 is 1.94 bits per heavy atom. The van der Waals surface area contributed by atoms with Gasteiger partial charge in [-0.05, 0) is 18.2 Å². The molecule has 0 amide bonds. The molecular formula is C13H11F2NO2. The van der Waals surface area contributed by atoms with Gasteiger partial charge >= 0.3 is 0 Å². The molecule has 2 aromatic rings. The first-order valence-electron chi connectivity index (χ1n) is 5.26. The molecule has 1 N–H and O–H groups in total. The van der Waals surface area contributed by atoms with Crippen LogP contribution >= 0.6 is 0 Å². The van der Waals surface area contributed by atoms with Crippen molar-refractivity contribution in [3.05, 3.63) is 47.7 Å². The van der Waals surface area contributed by atoms with Crippen molar-refractivity contribution in [2.75, 3.05) is 7.11 Å². The van der Waals surface area contributed by atoms with Gasteiger partial charge in [-0.25, -0.2) is 13.8 Å². The normalized spacial score (nSPS) is 10.4. The second kappa shape index (κ2) is 5.10. The van der Waals surface area contributed by atoms with Crippen LogP contribution in [0.5, 0.6) is 5.88 Å². The smallest absolute Gasteiger partial charge is 0.221 e. The Labute approximate surface area is 103 Å². The molecule has 0 fully saturated rings. The minimum Gasteiger partial charge on any atom is -0.481 e. The fourth-order valence-corrected chi connectivity index (χ4v) is 1.64. The zero-order chi connectivity index (χ0) is 13.1. The zero-order valence-corrected chi connectivity index (χ0v) is 9.65. The molecule has 0 unspecified atom stereocenters. The van der Waals surface area contributed by atoms with Gasteiger partial charge in [0.05, 0.1) is 19.4 Å². The molecule has 5 heteroatoms. The van der Waals surface area contributed by atoms with Crippen molar-refractivity contribution < 1.29 is 18.6 Å². The number of halogens is 2. The van der Waals surface area contributed by atoms with Crippen LogP contribution in [0.3, 0.4) is 0 Å². The summed E-state index contributed by atoms with van der Waals surface area (Å²) in [6.07, 6.45) is 0. The molecule has 0 aliphatic rings. The van der Waals surface area contributed by atoms with Gasteiger partial charge in [-0.15, -0.1) is 0 Å². The third-order valence-electron chi connectivity index (χ3n) is 2.52. The molecule has 18 heavy (non-hydrogen) atoms. The highest BCUT2D eigenvalue weighted by molar-refractivity contribution is 5.69. The Morgan fingerprint density at radius 3 is 2.61 bits per heavy atom. The van der Waals surface area contributed by atoms with Crippen molar-refractivity contribution in [3.63, 3.8) is 0 Å². The molecule has 0 saturated carbocycles. The maximum Gasteiger partial charge on any atom is 0.221 e. The van der Waals surface area contributed by atoms with Gasteiger partial charge in [0, 0.05) is 11.1 Å². The standard InChI is InChI=1S/C13H11F2NO2/c1-18-13-10(6-5-8(7-17)16-13)9-3-2-4-11(14)12(9)15/h2-6,17H,7H2,1H3. The average Bonchev–Trinajstić information content (AvgIpc) is 2.41. The molecule has 3 nitrogen and oxygen atoms in total. The van der Waals surface area contributed by atoms with Crippen LogP contribution in [0.25, 0.3) is 11.1 Å². The number of methoxy groups -OCH3 is 1. The van der Waals surface area contributed by atoms with Gasteiger partial charge in [-0.2, -0.15) is 0 Å². The molecule has 94 valence electrons. The zero-order valence-electron chi connectivity index (χ0n) is 9.65. The molecule has 0 aliphatic carbocycles. The summed E-state index contributed by atoms with van der Waals surface area (Å²) in [5.41, 5.74) is 0.808. The Morgan fingerprint density at radius 1 is 1.17 bits per heavy atom. The second-order valence-electron chi connectivity index (χ2n) is 3.62. The fraction of sp³-hybridized carbons (Fsp3) is 0.154. The minimum atomic E-state index is -0.950. The van der Waals surface area contributed by atoms with Crippen molar-refractivity contribution in [2.24, 2.45) is 0 Å². The van der Waals surface area contributed by atoms with Crippen molar-refractivity contribution >= 4 is 0 Å². The van der Waals surface area contributed by atoms with Crippen LogP contribution in [0.15, 0.2) is 30.3 Å². The third-order valence-corrected chi connectivity index (χ3v) is 2.52. The van der Waals surface area contributed by atoms with Gasteiger partial charge in [-0.1, -0.05) is 12.1 Å². The number of ether oxygens (including phenoxy) is 1. The van der Waals surface area contributed by atoms with Gasteiger partial charge < -0.3 is 9.84 Å². The van der Waals surface area contributed by atoms with Crippen molar-refractivity contribution in [1.82, 2.24) is 4.98 Å². The largest absolute Gasteiger partial charge is 0.481 e. The van der Waals surface area contributed by atoms with E-state index in [9.17, 15) is 8.78 Å². The van der Waals surface area contributed by atoms with Crippen molar-refractivity contribution in [3.8, 4) is 17.0 Å². The minimum absolute atomic E-state index is 0.0730. The molecule has 1 aromatic heterocycles. The first kappa shape index (κ1) is 12.4. The Hall–Kier alpha value is -2.01. The van der Waals surface area contributed by atoms with Crippen LogP contribution in [0.4, 0.5) is 8.78 Å². The number of pyridine rings is 1. The average molecular weight is 251 g/mol. The quantitative estimate of drug-likeness (QED) is 0.911. The van der Waals surface area contributed by atoms with E-state index in [4.69, 9.17) is 9.84 Å². The van der Waals surface area contributed by atoms with E-state index in [1.165, 1.54) is 31.4 Å². The molecule has 1 heterocycles. The molecular weight excluding hydrogens is 240 g/mol. The summed E-state index contributed by atoms with van der Waals surface area (Å²) >= 11 is 0. The first-order valence-corrected chi connectivity index (χ1v) is 5.26. The molecule has 0 saturated heterocycles. The Balaban J connectivity index is 2.60. The lowest BCUT2D eigenvalue weighted by atomic mass is 10.1. The molecule has 1 aromatic carbocycles. The van der Waals surface area contributed by atoms with Crippen molar-refractivity contribution in [2.45, 2.75) is 6.61 Å². The molecule has 2 rings (SSSR count). The number of rotatable bonds is 3. The molecule has 0 radical (unpaired) electrons. The van der Waals surface area contributed by atoms with E-state index in [0.717, 1.165) is 6.07 Å². The number of nitrogens with zero attached hydrogens (tertiary/aromatic N) is 1. The summed E-state index contributed by atoms with van der Waals surface area (Å²) in [4.78, 5) is 4.00. The number of benzene rings is 1. The van der Waals surface area contributed by atoms with E-state index in [0.29, 0.717) is 11.3 Å². The van der Waals surface area contributed by atoms with Crippen LogP contribution < -0.4 is 4.74 Å². The number of aliphatic hydroxyl groups excluding tert-OH is 1. The maximum absolute atomic E-state index is 13.7. The highest BCUT2D eigenvalue weighted by atomic mass is 19.2. The van der Waals surface area contributed by atoms with Crippen LogP contribution in [0.1, 0.15) is 5.69 Å². The lowest BCUT2D eigenvalue weighted by Gasteiger charge is -2.10. The van der Waals surface area contributed by atoms with Crippen molar-refractivity contribution in [1.29, 1.82) is 0 Å². The molecule has 0 atom stereocenters. The first-order chi connectivity index (χ1) is 8.67. The van der Waals surface area contributed by atoms with Crippen LogP contribution in [0.2, 0.25) is 0 Å². The van der Waals surface area contributed by atoms with Crippen LogP contribution in [-0.4, -0.2) is 17.2 Å². The van der Waals surface area contributed by atoms with Crippen LogP contribution in [-0.2, 0) is 6.61 Å². The van der Waals surface area contributed by atoms with E-state index in [1.807, 2.05) is 0 Å². The predicted molar refractivity (Wildman–Crippen MR) is 62.1 cm³/mol. The van der Waals surface area contributed by atoms with Gasteiger partial charge in [0.25, 0.3) is 0 Å². The third kappa shape index (κ3) is 2.17.